The maximum atomic E-state index is 12.9. The maximum absolute atomic E-state index is 12.9. The number of carbonyl (C=O) groups is 2. The number of nitrogens with one attached hydrogen (secondary N) is 1. The fourth-order valence-corrected chi connectivity index (χ4v) is 3.49. The molecule has 2 amide bonds. The average Bonchev–Trinajstić information content (AvgIpc) is 2.89. The Morgan fingerprint density at radius 3 is 2.39 bits per heavy atom. The predicted molar refractivity (Wildman–Crippen MR) is 107 cm³/mol. The SMILES string of the molecule is Cc1cc(C)cc(NC(=O)c2nn(C)c3c2CN(C(=O)OC(C)(C)C)CC3)c1. The van der Waals surface area contributed by atoms with Crippen LogP contribution < -0.4 is 5.32 Å². The van der Waals surface area contributed by atoms with Crippen LogP contribution in [0.4, 0.5) is 10.5 Å². The van der Waals surface area contributed by atoms with Crippen molar-refractivity contribution in [2.75, 3.05) is 11.9 Å². The summed E-state index contributed by atoms with van der Waals surface area (Å²) in [6, 6.07) is 5.90. The lowest BCUT2D eigenvalue weighted by Gasteiger charge is -2.30. The molecule has 0 unspecified atom stereocenters. The second-order valence-electron chi connectivity index (χ2n) is 8.38. The molecule has 7 nitrogen and oxygen atoms in total. The fourth-order valence-electron chi connectivity index (χ4n) is 3.49. The van der Waals surface area contributed by atoms with Crippen LogP contribution in [0.1, 0.15) is 53.6 Å². The van der Waals surface area contributed by atoms with Crippen LogP contribution >= 0.6 is 0 Å². The summed E-state index contributed by atoms with van der Waals surface area (Å²) in [4.78, 5) is 27.0. The van der Waals surface area contributed by atoms with Gasteiger partial charge in [-0.05, 0) is 57.9 Å². The molecule has 1 aromatic heterocycles. The van der Waals surface area contributed by atoms with E-state index in [9.17, 15) is 9.59 Å². The highest BCUT2D eigenvalue weighted by atomic mass is 16.6. The molecule has 0 bridgehead atoms. The van der Waals surface area contributed by atoms with Gasteiger partial charge in [0.15, 0.2) is 5.69 Å². The quantitative estimate of drug-likeness (QED) is 0.859. The van der Waals surface area contributed by atoms with E-state index in [1.165, 1.54) is 0 Å². The Balaban J connectivity index is 1.83. The van der Waals surface area contributed by atoms with E-state index in [-0.39, 0.29) is 12.0 Å². The van der Waals surface area contributed by atoms with Crippen LogP contribution in [0.15, 0.2) is 18.2 Å². The fraction of sp³-hybridized carbons (Fsp3) is 0.476. The zero-order chi connectivity index (χ0) is 20.6. The molecule has 3 rings (SSSR count). The smallest absolute Gasteiger partial charge is 0.410 e. The van der Waals surface area contributed by atoms with Crippen molar-refractivity contribution in [3.05, 3.63) is 46.3 Å². The van der Waals surface area contributed by atoms with E-state index >= 15 is 0 Å². The van der Waals surface area contributed by atoms with E-state index in [4.69, 9.17) is 4.74 Å². The van der Waals surface area contributed by atoms with Gasteiger partial charge < -0.3 is 15.0 Å². The molecule has 0 spiro atoms. The first-order valence-electron chi connectivity index (χ1n) is 9.46. The van der Waals surface area contributed by atoms with Gasteiger partial charge in [-0.15, -0.1) is 0 Å². The van der Waals surface area contributed by atoms with Crippen molar-refractivity contribution in [1.82, 2.24) is 14.7 Å². The first-order chi connectivity index (χ1) is 13.0. The Hall–Kier alpha value is -2.83. The summed E-state index contributed by atoms with van der Waals surface area (Å²) >= 11 is 0. The molecule has 0 saturated carbocycles. The summed E-state index contributed by atoms with van der Waals surface area (Å²) in [5, 5.41) is 7.36. The largest absolute Gasteiger partial charge is 0.444 e. The first kappa shape index (κ1) is 19.9. The van der Waals surface area contributed by atoms with Crippen LogP contribution in [0, 0.1) is 13.8 Å². The van der Waals surface area contributed by atoms with Crippen LogP contribution in [0.2, 0.25) is 0 Å². The number of nitrogens with zero attached hydrogens (tertiary/aromatic N) is 3. The first-order valence-corrected chi connectivity index (χ1v) is 9.46. The molecular formula is C21H28N4O3. The number of anilines is 1. The molecule has 1 N–H and O–H groups in total. The topological polar surface area (TPSA) is 76.5 Å². The van der Waals surface area contributed by atoms with Gasteiger partial charge in [-0.2, -0.15) is 5.10 Å². The van der Waals surface area contributed by atoms with Crippen molar-refractivity contribution < 1.29 is 14.3 Å². The molecule has 0 atom stereocenters. The van der Waals surface area contributed by atoms with E-state index < -0.39 is 5.60 Å². The minimum absolute atomic E-state index is 0.270. The lowest BCUT2D eigenvalue weighted by atomic mass is 10.0. The lowest BCUT2D eigenvalue weighted by molar-refractivity contribution is 0.0222. The van der Waals surface area contributed by atoms with Gasteiger partial charge in [0.2, 0.25) is 0 Å². The van der Waals surface area contributed by atoms with Crippen molar-refractivity contribution in [2.45, 2.75) is 53.2 Å². The number of rotatable bonds is 2. The third kappa shape index (κ3) is 4.35. The second-order valence-corrected chi connectivity index (χ2v) is 8.38. The lowest BCUT2D eigenvalue weighted by Crippen LogP contribution is -2.40. The van der Waals surface area contributed by atoms with Gasteiger partial charge in [0.1, 0.15) is 5.60 Å². The molecule has 2 aromatic rings. The molecule has 150 valence electrons. The predicted octanol–water partition coefficient (Wildman–Crippen LogP) is 3.58. The van der Waals surface area contributed by atoms with Crippen LogP contribution in [-0.4, -0.2) is 38.8 Å². The van der Waals surface area contributed by atoms with Gasteiger partial charge in [0.05, 0.1) is 6.54 Å². The summed E-state index contributed by atoms with van der Waals surface area (Å²) in [5.41, 5.74) is 4.44. The number of amides is 2. The number of carbonyl (C=O) groups excluding carboxylic acids is 2. The van der Waals surface area contributed by atoms with E-state index in [2.05, 4.69) is 16.5 Å². The number of aromatic nitrogens is 2. The Morgan fingerprint density at radius 2 is 1.79 bits per heavy atom. The van der Waals surface area contributed by atoms with E-state index in [1.807, 2.05) is 53.8 Å². The highest BCUT2D eigenvalue weighted by Gasteiger charge is 2.31. The van der Waals surface area contributed by atoms with Gasteiger partial charge in [-0.25, -0.2) is 4.79 Å². The molecule has 28 heavy (non-hydrogen) atoms. The van der Waals surface area contributed by atoms with Crippen molar-refractivity contribution in [1.29, 1.82) is 0 Å². The van der Waals surface area contributed by atoms with Crippen molar-refractivity contribution >= 4 is 17.7 Å². The Bertz CT molecular complexity index is 904. The molecule has 1 aliphatic rings. The summed E-state index contributed by atoms with van der Waals surface area (Å²) in [6.07, 6.45) is 0.261. The molecule has 1 aromatic carbocycles. The average molecular weight is 384 g/mol. The van der Waals surface area contributed by atoms with Gasteiger partial charge in [0.25, 0.3) is 5.91 Å². The van der Waals surface area contributed by atoms with Crippen LogP contribution in [0.25, 0.3) is 0 Å². The zero-order valence-electron chi connectivity index (χ0n) is 17.4. The summed E-state index contributed by atoms with van der Waals surface area (Å²) in [5.74, 6) is -0.270. The third-order valence-corrected chi connectivity index (χ3v) is 4.59. The molecule has 0 saturated heterocycles. The monoisotopic (exact) mass is 384 g/mol. The number of ether oxygens (including phenoxy) is 1. The molecule has 7 heteroatoms. The summed E-state index contributed by atoms with van der Waals surface area (Å²) in [6.45, 7) is 10.4. The van der Waals surface area contributed by atoms with E-state index in [0.717, 1.165) is 28.1 Å². The van der Waals surface area contributed by atoms with Gasteiger partial charge in [-0.1, -0.05) is 6.07 Å². The van der Waals surface area contributed by atoms with Gasteiger partial charge >= 0.3 is 6.09 Å². The van der Waals surface area contributed by atoms with Crippen molar-refractivity contribution in [3.63, 3.8) is 0 Å². The number of hydrogen-bond donors (Lipinski definition) is 1. The maximum Gasteiger partial charge on any atom is 0.410 e. The normalized spacial score (nSPS) is 13.9. The zero-order valence-corrected chi connectivity index (χ0v) is 17.4. The van der Waals surface area contributed by atoms with Gasteiger partial charge in [-0.3, -0.25) is 9.48 Å². The highest BCUT2D eigenvalue weighted by Crippen LogP contribution is 2.25. The van der Waals surface area contributed by atoms with Crippen molar-refractivity contribution in [3.8, 4) is 0 Å². The second kappa shape index (κ2) is 7.30. The minimum atomic E-state index is -0.560. The Labute approximate surface area is 165 Å². The van der Waals surface area contributed by atoms with Gasteiger partial charge in [0, 0.05) is 37.0 Å². The van der Waals surface area contributed by atoms with E-state index in [1.54, 1.807) is 9.58 Å². The van der Waals surface area contributed by atoms with Crippen LogP contribution in [-0.2, 0) is 24.8 Å². The van der Waals surface area contributed by atoms with E-state index in [0.29, 0.717) is 25.2 Å². The number of hydrogen-bond acceptors (Lipinski definition) is 4. The molecule has 0 fully saturated rings. The number of fused-ring (bicyclic) bond motifs is 1. The molecule has 2 heterocycles. The van der Waals surface area contributed by atoms with Crippen LogP contribution in [0.3, 0.4) is 0 Å². The standard InChI is InChI=1S/C21H28N4O3/c1-13-9-14(2)11-15(10-13)22-19(26)18-16-12-25(20(27)28-21(3,4)5)8-7-17(16)24(6)23-18/h9-11H,7-8,12H2,1-6H3,(H,22,26). The van der Waals surface area contributed by atoms with Crippen molar-refractivity contribution in [2.24, 2.45) is 7.05 Å². The van der Waals surface area contributed by atoms with Crippen LogP contribution in [0.5, 0.6) is 0 Å². The summed E-state index contributed by atoms with van der Waals surface area (Å²) in [7, 11) is 1.83. The highest BCUT2D eigenvalue weighted by molar-refractivity contribution is 6.04. The minimum Gasteiger partial charge on any atom is -0.444 e. The molecular weight excluding hydrogens is 356 g/mol. The molecule has 1 aliphatic heterocycles. The summed E-state index contributed by atoms with van der Waals surface area (Å²) < 4.78 is 7.21. The Kier molecular flexibility index (Phi) is 5.19. The number of aryl methyl sites for hydroxylation is 3. The molecule has 0 aliphatic carbocycles. The molecule has 0 radical (unpaired) electrons. The number of benzene rings is 1. The Morgan fingerprint density at radius 1 is 1.14 bits per heavy atom. The third-order valence-electron chi connectivity index (χ3n) is 4.59.